The first-order valence-corrected chi connectivity index (χ1v) is 7.05. The van der Waals surface area contributed by atoms with Crippen molar-refractivity contribution in [3.8, 4) is 0 Å². The number of aryl methyl sites for hydroxylation is 1. The van der Waals surface area contributed by atoms with Gasteiger partial charge in [-0.15, -0.1) is 0 Å². The van der Waals surface area contributed by atoms with Crippen LogP contribution in [-0.4, -0.2) is 19.5 Å². The first-order valence-electron chi connectivity index (χ1n) is 5.57. The second-order valence-electron chi connectivity index (χ2n) is 4.12. The Kier molecular flexibility index (Phi) is 3.40. The van der Waals surface area contributed by atoms with Crippen LogP contribution in [0.1, 0.15) is 15.9 Å². The number of hydrogen-bond donors (Lipinski definition) is 1. The number of carboxylic acids is 1. The lowest BCUT2D eigenvalue weighted by molar-refractivity contribution is 0.0692. The van der Waals surface area contributed by atoms with Gasteiger partial charge in [0.15, 0.2) is 0 Å². The Balaban J connectivity index is 2.63. The first-order chi connectivity index (χ1) is 8.93. The molecule has 0 aliphatic carbocycles. The lowest BCUT2D eigenvalue weighted by Gasteiger charge is -2.07. The molecule has 0 aliphatic heterocycles. The molecule has 0 saturated heterocycles. The third kappa shape index (κ3) is 2.51. The average molecular weight is 276 g/mol. The van der Waals surface area contributed by atoms with Crippen LogP contribution in [0.25, 0.3) is 0 Å². The molecular formula is C14H12O4S. The summed E-state index contributed by atoms with van der Waals surface area (Å²) in [4.78, 5) is 11.0. The zero-order valence-corrected chi connectivity index (χ0v) is 11.0. The van der Waals surface area contributed by atoms with Crippen molar-refractivity contribution < 1.29 is 18.3 Å². The van der Waals surface area contributed by atoms with Crippen LogP contribution < -0.4 is 0 Å². The number of hydrogen-bond acceptors (Lipinski definition) is 3. The first kappa shape index (κ1) is 13.3. The van der Waals surface area contributed by atoms with Gasteiger partial charge in [0.1, 0.15) is 0 Å². The fraction of sp³-hybridized carbons (Fsp3) is 0.0714. The van der Waals surface area contributed by atoms with Crippen molar-refractivity contribution in [2.75, 3.05) is 0 Å². The number of carboxylic acid groups (broad SMARTS) is 1. The van der Waals surface area contributed by atoms with Crippen LogP contribution in [0.2, 0.25) is 0 Å². The highest BCUT2D eigenvalue weighted by molar-refractivity contribution is 7.91. The molecule has 0 unspecified atom stereocenters. The van der Waals surface area contributed by atoms with Gasteiger partial charge in [0.25, 0.3) is 0 Å². The van der Waals surface area contributed by atoms with E-state index in [1.165, 1.54) is 36.4 Å². The molecule has 0 fully saturated rings. The Labute approximate surface area is 111 Å². The van der Waals surface area contributed by atoms with Crippen molar-refractivity contribution in [2.24, 2.45) is 0 Å². The van der Waals surface area contributed by atoms with Gasteiger partial charge in [-0.3, -0.25) is 0 Å². The van der Waals surface area contributed by atoms with Crippen molar-refractivity contribution in [1.29, 1.82) is 0 Å². The summed E-state index contributed by atoms with van der Waals surface area (Å²) < 4.78 is 24.8. The van der Waals surface area contributed by atoms with Crippen LogP contribution in [0.5, 0.6) is 0 Å². The second kappa shape index (κ2) is 4.85. The molecular weight excluding hydrogens is 264 g/mol. The lowest BCUT2D eigenvalue weighted by atomic mass is 10.2. The van der Waals surface area contributed by atoms with Crippen LogP contribution in [0.3, 0.4) is 0 Å². The molecule has 0 saturated carbocycles. The largest absolute Gasteiger partial charge is 0.478 e. The van der Waals surface area contributed by atoms with Crippen molar-refractivity contribution in [3.63, 3.8) is 0 Å². The van der Waals surface area contributed by atoms with E-state index in [0.29, 0.717) is 0 Å². The third-order valence-electron chi connectivity index (χ3n) is 2.74. The normalized spacial score (nSPS) is 11.2. The molecule has 98 valence electrons. The summed E-state index contributed by atoms with van der Waals surface area (Å²) >= 11 is 0. The predicted octanol–water partition coefficient (Wildman–Crippen LogP) is 2.53. The Morgan fingerprint density at radius 1 is 1.00 bits per heavy atom. The quantitative estimate of drug-likeness (QED) is 0.935. The molecule has 1 N–H and O–H groups in total. The maximum atomic E-state index is 12.4. The van der Waals surface area contributed by atoms with Gasteiger partial charge in [0, 0.05) is 0 Å². The van der Waals surface area contributed by atoms with E-state index in [-0.39, 0.29) is 15.4 Å². The monoisotopic (exact) mass is 276 g/mol. The van der Waals surface area contributed by atoms with E-state index < -0.39 is 15.8 Å². The summed E-state index contributed by atoms with van der Waals surface area (Å²) in [7, 11) is -3.81. The summed E-state index contributed by atoms with van der Waals surface area (Å²) in [5, 5.41) is 9.06. The van der Waals surface area contributed by atoms with Crippen molar-refractivity contribution in [3.05, 3.63) is 59.7 Å². The maximum absolute atomic E-state index is 12.4. The molecule has 5 heteroatoms. The molecule has 19 heavy (non-hydrogen) atoms. The molecule has 2 aromatic carbocycles. The lowest BCUT2D eigenvalue weighted by Crippen LogP contribution is -2.09. The number of benzene rings is 2. The Hall–Kier alpha value is -2.14. The van der Waals surface area contributed by atoms with Crippen LogP contribution in [0, 0.1) is 6.92 Å². The highest BCUT2D eigenvalue weighted by Crippen LogP contribution is 2.24. The molecule has 0 radical (unpaired) electrons. The van der Waals surface area contributed by atoms with Gasteiger partial charge in [-0.2, -0.15) is 0 Å². The number of sulfone groups is 1. The molecule has 0 spiro atoms. The average Bonchev–Trinajstić information content (AvgIpc) is 2.39. The summed E-state index contributed by atoms with van der Waals surface area (Å²) in [6.45, 7) is 1.85. The number of aromatic carboxylic acids is 1. The molecule has 2 aromatic rings. The molecule has 0 amide bonds. The fourth-order valence-electron chi connectivity index (χ4n) is 1.72. The van der Waals surface area contributed by atoms with Crippen molar-refractivity contribution >= 4 is 15.8 Å². The molecule has 0 heterocycles. The van der Waals surface area contributed by atoms with Gasteiger partial charge in [-0.1, -0.05) is 29.8 Å². The molecule has 2 rings (SSSR count). The minimum Gasteiger partial charge on any atom is -0.478 e. The second-order valence-corrected chi connectivity index (χ2v) is 6.04. The van der Waals surface area contributed by atoms with Crippen molar-refractivity contribution in [2.45, 2.75) is 16.7 Å². The number of rotatable bonds is 3. The van der Waals surface area contributed by atoms with Crippen LogP contribution >= 0.6 is 0 Å². The van der Waals surface area contributed by atoms with E-state index in [1.54, 1.807) is 12.1 Å². The number of carbonyl (C=O) groups is 1. The minimum absolute atomic E-state index is 0.0896. The van der Waals surface area contributed by atoms with E-state index in [4.69, 9.17) is 5.11 Å². The van der Waals surface area contributed by atoms with Gasteiger partial charge >= 0.3 is 5.97 Å². The van der Waals surface area contributed by atoms with Gasteiger partial charge in [-0.25, -0.2) is 13.2 Å². The molecule has 0 bridgehead atoms. The Bertz CT molecular complexity index is 715. The van der Waals surface area contributed by atoms with Gasteiger partial charge in [0.2, 0.25) is 9.84 Å². The smallest absolute Gasteiger partial charge is 0.337 e. The Morgan fingerprint density at radius 3 is 2.16 bits per heavy atom. The maximum Gasteiger partial charge on any atom is 0.337 e. The van der Waals surface area contributed by atoms with Crippen LogP contribution in [0.4, 0.5) is 0 Å². The van der Waals surface area contributed by atoms with E-state index in [1.807, 2.05) is 6.92 Å². The third-order valence-corrected chi connectivity index (χ3v) is 4.57. The minimum atomic E-state index is -3.81. The van der Waals surface area contributed by atoms with Crippen LogP contribution in [0.15, 0.2) is 58.3 Å². The van der Waals surface area contributed by atoms with Gasteiger partial charge in [0.05, 0.1) is 15.4 Å². The highest BCUT2D eigenvalue weighted by Gasteiger charge is 2.23. The van der Waals surface area contributed by atoms with E-state index >= 15 is 0 Å². The predicted molar refractivity (Wildman–Crippen MR) is 70.0 cm³/mol. The zero-order chi connectivity index (χ0) is 14.0. The van der Waals surface area contributed by atoms with E-state index in [0.717, 1.165) is 5.56 Å². The zero-order valence-electron chi connectivity index (χ0n) is 10.2. The molecule has 0 aromatic heterocycles. The van der Waals surface area contributed by atoms with E-state index in [2.05, 4.69) is 0 Å². The van der Waals surface area contributed by atoms with Crippen molar-refractivity contribution in [1.82, 2.24) is 0 Å². The molecule has 0 atom stereocenters. The SMILES string of the molecule is Cc1ccc(S(=O)(=O)c2ccccc2C(=O)O)cc1. The summed E-state index contributed by atoms with van der Waals surface area (Å²) in [5.41, 5.74) is 0.716. The van der Waals surface area contributed by atoms with Gasteiger partial charge < -0.3 is 5.11 Å². The molecule has 4 nitrogen and oxygen atoms in total. The Morgan fingerprint density at radius 2 is 1.58 bits per heavy atom. The molecule has 0 aliphatic rings. The fourth-order valence-corrected chi connectivity index (χ4v) is 3.17. The highest BCUT2D eigenvalue weighted by atomic mass is 32.2. The van der Waals surface area contributed by atoms with E-state index in [9.17, 15) is 13.2 Å². The standard InChI is InChI=1S/C14H12O4S/c1-10-6-8-11(9-7-10)19(17,18)13-5-3-2-4-12(13)14(15)16/h2-9H,1H3,(H,15,16). The topological polar surface area (TPSA) is 71.4 Å². The summed E-state index contributed by atoms with van der Waals surface area (Å²) in [5.74, 6) is -1.26. The summed E-state index contributed by atoms with van der Waals surface area (Å²) in [6.07, 6.45) is 0. The summed E-state index contributed by atoms with van der Waals surface area (Å²) in [6, 6.07) is 11.9. The van der Waals surface area contributed by atoms with Crippen LogP contribution in [-0.2, 0) is 9.84 Å². The van der Waals surface area contributed by atoms with Gasteiger partial charge in [-0.05, 0) is 31.2 Å².